The van der Waals surface area contributed by atoms with Gasteiger partial charge in [0.15, 0.2) is 0 Å². The van der Waals surface area contributed by atoms with Crippen molar-refractivity contribution in [2.24, 2.45) is 0 Å². The molecule has 1 amide bonds. The van der Waals surface area contributed by atoms with Crippen LogP contribution in [-0.2, 0) is 5.66 Å². The van der Waals surface area contributed by atoms with Crippen LogP contribution in [0.3, 0.4) is 0 Å². The van der Waals surface area contributed by atoms with E-state index in [1.54, 1.807) is 29.7 Å². The molecule has 2 aromatic heterocycles. The second-order valence-electron chi connectivity index (χ2n) is 7.76. The monoisotopic (exact) mass is 393 g/mol. The maximum absolute atomic E-state index is 14.4. The Morgan fingerprint density at radius 3 is 2.76 bits per heavy atom. The van der Waals surface area contributed by atoms with Gasteiger partial charge in [-0.2, -0.15) is 0 Å². The smallest absolute Gasteiger partial charge is 0.276 e. The molecule has 2 aliphatic rings. The predicted molar refractivity (Wildman–Crippen MR) is 107 cm³/mol. The number of benzene rings is 1. The van der Waals surface area contributed by atoms with E-state index in [4.69, 9.17) is 0 Å². The van der Waals surface area contributed by atoms with Gasteiger partial charge in [-0.1, -0.05) is 12.5 Å². The summed E-state index contributed by atoms with van der Waals surface area (Å²) in [4.78, 5) is 34.3. The summed E-state index contributed by atoms with van der Waals surface area (Å²) in [5, 5.41) is 6.28. The van der Waals surface area contributed by atoms with Crippen molar-refractivity contribution in [1.29, 1.82) is 0 Å². The van der Waals surface area contributed by atoms with E-state index in [0.717, 1.165) is 32.1 Å². The average molecular weight is 393 g/mol. The third kappa shape index (κ3) is 2.62. The number of hydrogen-bond donors (Lipinski definition) is 2. The number of anilines is 2. The van der Waals surface area contributed by atoms with E-state index in [9.17, 15) is 14.0 Å². The number of fused-ring (bicyclic) bond motifs is 3. The van der Waals surface area contributed by atoms with Crippen LogP contribution >= 0.6 is 0 Å². The summed E-state index contributed by atoms with van der Waals surface area (Å²) in [7, 11) is 0. The molecule has 3 aromatic rings. The van der Waals surface area contributed by atoms with Crippen molar-refractivity contribution in [1.82, 2.24) is 19.9 Å². The molecule has 0 bridgehead atoms. The van der Waals surface area contributed by atoms with Crippen LogP contribution in [0, 0.1) is 12.7 Å². The van der Waals surface area contributed by atoms with Gasteiger partial charge in [0.25, 0.3) is 11.5 Å². The second kappa shape index (κ2) is 6.37. The van der Waals surface area contributed by atoms with Crippen molar-refractivity contribution in [3.63, 3.8) is 0 Å². The second-order valence-corrected chi connectivity index (χ2v) is 7.76. The molecular weight excluding hydrogens is 373 g/mol. The van der Waals surface area contributed by atoms with Crippen LogP contribution in [-0.4, -0.2) is 20.4 Å². The topological polar surface area (TPSA) is 88.9 Å². The Bertz CT molecular complexity index is 1210. The van der Waals surface area contributed by atoms with E-state index < -0.39 is 11.5 Å². The van der Waals surface area contributed by atoms with E-state index in [0.29, 0.717) is 16.8 Å². The predicted octanol–water partition coefficient (Wildman–Crippen LogP) is 3.34. The van der Waals surface area contributed by atoms with E-state index >= 15 is 0 Å². The zero-order chi connectivity index (χ0) is 20.2. The minimum atomic E-state index is -0.677. The number of halogens is 1. The normalized spacial score (nSPS) is 17.4. The number of carbonyl (C=O) groups is 1. The zero-order valence-electron chi connectivity index (χ0n) is 16.0. The lowest BCUT2D eigenvalue weighted by Gasteiger charge is -2.35. The molecule has 29 heavy (non-hydrogen) atoms. The molecule has 0 saturated heterocycles. The maximum atomic E-state index is 14.4. The minimum absolute atomic E-state index is 0.216. The van der Waals surface area contributed by atoms with Gasteiger partial charge in [-0.3, -0.25) is 14.2 Å². The molecular formula is C21H20FN5O2. The lowest BCUT2D eigenvalue weighted by atomic mass is 9.89. The van der Waals surface area contributed by atoms with Crippen molar-refractivity contribution >= 4 is 28.3 Å². The first-order chi connectivity index (χ1) is 14.0. The van der Waals surface area contributed by atoms with Crippen LogP contribution in [0.1, 0.15) is 48.2 Å². The first-order valence-electron chi connectivity index (χ1n) is 9.76. The number of aromatic nitrogens is 3. The molecule has 2 N–H and O–H groups in total. The molecule has 1 spiro atoms. The van der Waals surface area contributed by atoms with Gasteiger partial charge in [-0.15, -0.1) is 0 Å². The average Bonchev–Trinajstić information content (AvgIpc) is 2.98. The van der Waals surface area contributed by atoms with Gasteiger partial charge >= 0.3 is 0 Å². The Morgan fingerprint density at radius 1 is 1.17 bits per heavy atom. The molecule has 8 heteroatoms. The Morgan fingerprint density at radius 2 is 1.97 bits per heavy atom. The maximum Gasteiger partial charge on any atom is 0.276 e. The van der Waals surface area contributed by atoms with Crippen LogP contribution in [0.4, 0.5) is 15.9 Å². The summed E-state index contributed by atoms with van der Waals surface area (Å²) in [6, 6.07) is 6.22. The highest BCUT2D eigenvalue weighted by atomic mass is 19.1. The first-order valence-corrected chi connectivity index (χ1v) is 9.76. The van der Waals surface area contributed by atoms with Gasteiger partial charge in [0, 0.05) is 0 Å². The fraction of sp³-hybridized carbons (Fsp3) is 0.333. The van der Waals surface area contributed by atoms with Crippen molar-refractivity contribution in [3.05, 3.63) is 58.0 Å². The number of pyridine rings is 1. The molecule has 0 radical (unpaired) electrons. The van der Waals surface area contributed by atoms with Crippen LogP contribution in [0.2, 0.25) is 0 Å². The SMILES string of the molecule is Cc1cc(Nc2ncnc3cccc(F)c23)c(=O)n2c1C(=O)NC21CCCCC1. The fourth-order valence-corrected chi connectivity index (χ4v) is 4.63. The standard InChI is InChI=1S/C21H20FN5O2/c1-12-10-15(25-18-16-13(22)6-5-7-14(16)23-11-24-18)20(29)27-17(12)19(28)26-21(27)8-3-2-4-9-21/h5-7,10-11H,2-4,8-9H2,1H3,(H,26,28)(H,23,24,25). The van der Waals surface area contributed by atoms with Gasteiger partial charge in [-0.05, 0) is 56.4 Å². The minimum Gasteiger partial charge on any atom is -0.335 e. The molecule has 1 aliphatic heterocycles. The lowest BCUT2D eigenvalue weighted by molar-refractivity contribution is 0.0876. The Balaban J connectivity index is 1.68. The molecule has 1 fully saturated rings. The summed E-state index contributed by atoms with van der Waals surface area (Å²) in [5.41, 5.74) is 0.807. The number of carbonyl (C=O) groups excluding carboxylic acids is 1. The van der Waals surface area contributed by atoms with Crippen molar-refractivity contribution in [3.8, 4) is 0 Å². The molecule has 0 unspecified atom stereocenters. The van der Waals surface area contributed by atoms with Gasteiger partial charge < -0.3 is 10.6 Å². The Labute approximate surface area is 166 Å². The molecule has 1 aliphatic carbocycles. The van der Waals surface area contributed by atoms with Gasteiger partial charge in [0.05, 0.1) is 10.9 Å². The van der Waals surface area contributed by atoms with Crippen molar-refractivity contribution in [2.75, 3.05) is 5.32 Å². The lowest BCUT2D eigenvalue weighted by Crippen LogP contribution is -2.48. The molecule has 1 aromatic carbocycles. The molecule has 1 saturated carbocycles. The molecule has 0 atom stereocenters. The van der Waals surface area contributed by atoms with Crippen molar-refractivity contribution in [2.45, 2.75) is 44.7 Å². The number of hydrogen-bond acceptors (Lipinski definition) is 5. The van der Waals surface area contributed by atoms with Gasteiger partial charge in [0.1, 0.15) is 35.0 Å². The first kappa shape index (κ1) is 17.8. The van der Waals surface area contributed by atoms with E-state index in [-0.39, 0.29) is 28.4 Å². The molecule has 148 valence electrons. The van der Waals surface area contributed by atoms with Crippen molar-refractivity contribution < 1.29 is 9.18 Å². The van der Waals surface area contributed by atoms with E-state index in [1.165, 1.54) is 12.4 Å². The number of aryl methyl sites for hydroxylation is 1. The molecule has 3 heterocycles. The fourth-order valence-electron chi connectivity index (χ4n) is 4.63. The summed E-state index contributed by atoms with van der Waals surface area (Å²) in [5.74, 6) is -0.462. The molecule has 7 nitrogen and oxygen atoms in total. The van der Waals surface area contributed by atoms with Crippen LogP contribution < -0.4 is 16.2 Å². The quantitative estimate of drug-likeness (QED) is 0.697. The van der Waals surface area contributed by atoms with E-state index in [1.807, 2.05) is 0 Å². The number of rotatable bonds is 2. The van der Waals surface area contributed by atoms with Crippen LogP contribution in [0.25, 0.3) is 10.9 Å². The third-order valence-electron chi connectivity index (χ3n) is 5.93. The summed E-state index contributed by atoms with van der Waals surface area (Å²) >= 11 is 0. The Kier molecular flexibility index (Phi) is 3.90. The molecule has 5 rings (SSSR count). The number of nitrogens with one attached hydrogen (secondary N) is 2. The Hall–Kier alpha value is -3.29. The third-order valence-corrected chi connectivity index (χ3v) is 5.93. The summed E-state index contributed by atoms with van der Waals surface area (Å²) in [6.45, 7) is 1.80. The highest BCUT2D eigenvalue weighted by Crippen LogP contribution is 2.37. The summed E-state index contributed by atoms with van der Waals surface area (Å²) < 4.78 is 16.0. The van der Waals surface area contributed by atoms with E-state index in [2.05, 4.69) is 20.6 Å². The van der Waals surface area contributed by atoms with Gasteiger partial charge in [-0.25, -0.2) is 14.4 Å². The summed E-state index contributed by atoms with van der Waals surface area (Å²) in [6.07, 6.45) is 5.76. The highest BCUT2D eigenvalue weighted by molar-refractivity contribution is 5.97. The largest absolute Gasteiger partial charge is 0.335 e. The van der Waals surface area contributed by atoms with Gasteiger partial charge in [0.2, 0.25) is 0 Å². The van der Waals surface area contributed by atoms with Crippen LogP contribution in [0.15, 0.2) is 35.4 Å². The number of amides is 1. The van der Waals surface area contributed by atoms with Crippen LogP contribution in [0.5, 0.6) is 0 Å². The highest BCUT2D eigenvalue weighted by Gasteiger charge is 2.45. The zero-order valence-corrected chi connectivity index (χ0v) is 16.0. The number of nitrogens with zero attached hydrogens (tertiary/aromatic N) is 3.